The summed E-state index contributed by atoms with van der Waals surface area (Å²) in [7, 11) is 0. The van der Waals surface area contributed by atoms with Crippen LogP contribution in [0, 0.1) is 16.7 Å². The molecular weight excluding hydrogens is 148 g/mol. The Kier molecular flexibility index (Phi) is 1.76. The summed E-state index contributed by atoms with van der Waals surface area (Å²) < 4.78 is 5.32. The summed E-state index contributed by atoms with van der Waals surface area (Å²) >= 11 is 0. The van der Waals surface area contributed by atoms with Crippen molar-refractivity contribution >= 4 is 0 Å². The molecule has 12 heavy (non-hydrogen) atoms. The first-order chi connectivity index (χ1) is 5.52. The van der Waals surface area contributed by atoms with Gasteiger partial charge in [-0.2, -0.15) is 0 Å². The van der Waals surface area contributed by atoms with Crippen LogP contribution in [0.2, 0.25) is 0 Å². The third kappa shape index (κ3) is 1.28. The first-order valence-electron chi connectivity index (χ1n) is 5.10. The van der Waals surface area contributed by atoms with Gasteiger partial charge in [-0.1, -0.05) is 20.8 Å². The summed E-state index contributed by atoms with van der Waals surface area (Å²) in [6.45, 7) is 9.20. The number of hydrogen-bond donors (Lipinski definition) is 0. The lowest BCUT2D eigenvalue weighted by Crippen LogP contribution is -2.40. The molecule has 0 amide bonds. The second kappa shape index (κ2) is 2.47. The van der Waals surface area contributed by atoms with E-state index in [1.54, 1.807) is 0 Å². The van der Waals surface area contributed by atoms with Gasteiger partial charge >= 0.3 is 0 Å². The molecule has 0 aromatic rings. The fraction of sp³-hybridized carbons (Fsp3) is 1.00. The van der Waals surface area contributed by atoms with E-state index in [2.05, 4.69) is 20.8 Å². The highest BCUT2D eigenvalue weighted by Gasteiger charge is 2.47. The minimum absolute atomic E-state index is 0.513. The highest BCUT2D eigenvalue weighted by molar-refractivity contribution is 4.96. The molecule has 1 unspecified atom stereocenters. The van der Waals surface area contributed by atoms with Crippen molar-refractivity contribution in [3.05, 3.63) is 0 Å². The Labute approximate surface area is 75.5 Å². The molecule has 1 heteroatoms. The van der Waals surface area contributed by atoms with Crippen LogP contribution in [0.4, 0.5) is 0 Å². The minimum atomic E-state index is 0.513. The maximum Gasteiger partial charge on any atom is 0.0544 e. The molecule has 0 N–H and O–H groups in total. The first-order valence-corrected chi connectivity index (χ1v) is 5.10. The van der Waals surface area contributed by atoms with Crippen molar-refractivity contribution in [3.8, 4) is 0 Å². The summed E-state index contributed by atoms with van der Waals surface area (Å²) in [5.74, 6) is 0.932. The van der Waals surface area contributed by atoms with Gasteiger partial charge < -0.3 is 4.74 Å². The van der Waals surface area contributed by atoms with E-state index in [1.165, 1.54) is 19.3 Å². The van der Waals surface area contributed by atoms with Gasteiger partial charge in [0.2, 0.25) is 0 Å². The lowest BCUT2D eigenvalue weighted by molar-refractivity contribution is -0.112. The van der Waals surface area contributed by atoms with Gasteiger partial charge in [0.1, 0.15) is 0 Å². The van der Waals surface area contributed by atoms with E-state index >= 15 is 0 Å². The van der Waals surface area contributed by atoms with E-state index in [4.69, 9.17) is 4.74 Å². The summed E-state index contributed by atoms with van der Waals surface area (Å²) in [4.78, 5) is 0. The monoisotopic (exact) mass is 168 g/mol. The van der Waals surface area contributed by atoms with Gasteiger partial charge in [0.25, 0.3) is 0 Å². The lowest BCUT2D eigenvalue weighted by atomic mass is 9.76. The third-order valence-electron chi connectivity index (χ3n) is 3.74. The van der Waals surface area contributed by atoms with E-state index in [9.17, 15) is 0 Å². The van der Waals surface area contributed by atoms with Gasteiger partial charge in [0.05, 0.1) is 13.2 Å². The fourth-order valence-electron chi connectivity index (χ4n) is 2.60. The fourth-order valence-corrected chi connectivity index (χ4v) is 2.60. The SMILES string of the molecule is CC(C)(C)C1CCC2(COC2)C1. The number of ether oxygens (including phenoxy) is 1. The van der Waals surface area contributed by atoms with Crippen molar-refractivity contribution in [2.45, 2.75) is 40.0 Å². The van der Waals surface area contributed by atoms with Crippen LogP contribution in [0.1, 0.15) is 40.0 Å². The summed E-state index contributed by atoms with van der Waals surface area (Å²) in [5.41, 5.74) is 1.14. The van der Waals surface area contributed by atoms with Crippen LogP contribution in [0.25, 0.3) is 0 Å². The largest absolute Gasteiger partial charge is 0.380 e. The molecule has 0 aromatic heterocycles. The highest BCUT2D eigenvalue weighted by Crippen LogP contribution is 2.52. The molecule has 2 rings (SSSR count). The van der Waals surface area contributed by atoms with Crippen LogP contribution in [-0.4, -0.2) is 13.2 Å². The molecule has 0 aromatic carbocycles. The van der Waals surface area contributed by atoms with E-state index in [-0.39, 0.29) is 0 Å². The number of hydrogen-bond acceptors (Lipinski definition) is 1. The van der Waals surface area contributed by atoms with E-state index in [1.807, 2.05) is 0 Å². The molecule has 1 aliphatic heterocycles. The standard InChI is InChI=1S/C11H20O/c1-10(2,3)9-4-5-11(6-9)7-12-8-11/h9H,4-8H2,1-3H3. The van der Waals surface area contributed by atoms with Crippen molar-refractivity contribution in [2.24, 2.45) is 16.7 Å². The zero-order chi connectivity index (χ0) is 8.82. The predicted molar refractivity (Wildman–Crippen MR) is 50.0 cm³/mol. The Morgan fingerprint density at radius 1 is 1.25 bits per heavy atom. The van der Waals surface area contributed by atoms with Crippen LogP contribution in [0.5, 0.6) is 0 Å². The van der Waals surface area contributed by atoms with Crippen molar-refractivity contribution < 1.29 is 4.74 Å². The van der Waals surface area contributed by atoms with E-state index < -0.39 is 0 Å². The van der Waals surface area contributed by atoms with Crippen LogP contribution in [0.3, 0.4) is 0 Å². The lowest BCUT2D eigenvalue weighted by Gasteiger charge is -2.39. The minimum Gasteiger partial charge on any atom is -0.380 e. The zero-order valence-corrected chi connectivity index (χ0v) is 8.52. The highest BCUT2D eigenvalue weighted by atomic mass is 16.5. The van der Waals surface area contributed by atoms with Crippen molar-refractivity contribution in [2.75, 3.05) is 13.2 Å². The zero-order valence-electron chi connectivity index (χ0n) is 8.52. The molecule has 0 radical (unpaired) electrons. The third-order valence-corrected chi connectivity index (χ3v) is 3.74. The maximum atomic E-state index is 5.32. The van der Waals surface area contributed by atoms with Crippen molar-refractivity contribution in [1.82, 2.24) is 0 Å². The molecule has 0 bridgehead atoms. The van der Waals surface area contributed by atoms with Gasteiger partial charge in [0, 0.05) is 5.41 Å². The molecule has 1 nitrogen and oxygen atoms in total. The van der Waals surface area contributed by atoms with Crippen molar-refractivity contribution in [3.63, 3.8) is 0 Å². The smallest absolute Gasteiger partial charge is 0.0544 e. The molecule has 1 atom stereocenters. The number of rotatable bonds is 0. The van der Waals surface area contributed by atoms with Gasteiger partial charge in [-0.15, -0.1) is 0 Å². The quantitative estimate of drug-likeness (QED) is 0.540. The Balaban J connectivity index is 1.98. The molecular formula is C11H20O. The van der Waals surface area contributed by atoms with Crippen LogP contribution in [0.15, 0.2) is 0 Å². The molecule has 1 saturated heterocycles. The molecule has 1 heterocycles. The maximum absolute atomic E-state index is 5.32. The van der Waals surface area contributed by atoms with Gasteiger partial charge in [-0.25, -0.2) is 0 Å². The molecule has 1 spiro atoms. The van der Waals surface area contributed by atoms with Crippen LogP contribution in [-0.2, 0) is 4.74 Å². The normalized spacial score (nSPS) is 33.8. The Bertz CT molecular complexity index is 174. The molecule has 2 fully saturated rings. The Hall–Kier alpha value is -0.0400. The topological polar surface area (TPSA) is 9.23 Å². The van der Waals surface area contributed by atoms with Gasteiger partial charge in [-0.05, 0) is 30.6 Å². The molecule has 2 aliphatic rings. The van der Waals surface area contributed by atoms with E-state index in [0.29, 0.717) is 10.8 Å². The van der Waals surface area contributed by atoms with Gasteiger partial charge in [0.15, 0.2) is 0 Å². The summed E-state index contributed by atoms with van der Waals surface area (Å²) in [5, 5.41) is 0. The van der Waals surface area contributed by atoms with Gasteiger partial charge in [-0.3, -0.25) is 0 Å². The first kappa shape index (κ1) is 8.55. The van der Waals surface area contributed by atoms with Crippen LogP contribution < -0.4 is 0 Å². The molecule has 70 valence electrons. The Morgan fingerprint density at radius 3 is 2.17 bits per heavy atom. The molecule has 1 aliphatic carbocycles. The summed E-state index contributed by atoms with van der Waals surface area (Å²) in [6.07, 6.45) is 4.25. The van der Waals surface area contributed by atoms with E-state index in [0.717, 1.165) is 19.1 Å². The second-order valence-corrected chi connectivity index (χ2v) is 5.80. The second-order valence-electron chi connectivity index (χ2n) is 5.80. The average Bonchev–Trinajstić information content (AvgIpc) is 2.26. The molecule has 1 saturated carbocycles. The predicted octanol–water partition coefficient (Wildman–Crippen LogP) is 2.85. The van der Waals surface area contributed by atoms with Crippen molar-refractivity contribution in [1.29, 1.82) is 0 Å². The van der Waals surface area contributed by atoms with Crippen LogP contribution >= 0.6 is 0 Å². The average molecular weight is 168 g/mol. The Morgan fingerprint density at radius 2 is 1.92 bits per heavy atom. The summed E-state index contributed by atoms with van der Waals surface area (Å²) in [6, 6.07) is 0.